The molecule has 4 heterocycles. The number of ether oxygens (including phenoxy) is 1. The molecule has 2 bridgehead atoms. The van der Waals surface area contributed by atoms with Crippen LogP contribution in [0.2, 0.25) is 0 Å². The van der Waals surface area contributed by atoms with E-state index in [-0.39, 0.29) is 22.8 Å². The highest BCUT2D eigenvalue weighted by atomic mass is 19.3. The van der Waals surface area contributed by atoms with Crippen LogP contribution in [0.5, 0.6) is 0 Å². The minimum absolute atomic E-state index is 0.115. The van der Waals surface area contributed by atoms with Gasteiger partial charge in [-0.2, -0.15) is 0 Å². The highest BCUT2D eigenvalue weighted by Gasteiger charge is 2.45. The number of aryl methyl sites for hydroxylation is 2. The second kappa shape index (κ2) is 11.0. The Kier molecular flexibility index (Phi) is 7.04. The van der Waals surface area contributed by atoms with Crippen molar-refractivity contribution in [2.24, 2.45) is 0 Å². The van der Waals surface area contributed by atoms with Crippen molar-refractivity contribution in [3.05, 3.63) is 101 Å². The van der Waals surface area contributed by atoms with Crippen LogP contribution in [0.1, 0.15) is 53.5 Å². The quantitative estimate of drug-likeness (QED) is 0.207. The first-order valence-electron chi connectivity index (χ1n) is 14.6. The zero-order chi connectivity index (χ0) is 28.8. The molecule has 42 heavy (non-hydrogen) atoms. The van der Waals surface area contributed by atoms with Gasteiger partial charge in [0.2, 0.25) is 0 Å². The number of anilines is 1. The molecule has 214 valence electrons. The molecule has 4 aromatic rings. The van der Waals surface area contributed by atoms with Gasteiger partial charge in [-0.1, -0.05) is 42.5 Å². The molecule has 3 atom stereocenters. The Morgan fingerprint density at radius 2 is 1.62 bits per heavy atom. The lowest BCUT2D eigenvalue weighted by atomic mass is 9.87. The van der Waals surface area contributed by atoms with Crippen molar-refractivity contribution in [2.75, 3.05) is 18.9 Å². The summed E-state index contributed by atoms with van der Waals surface area (Å²) in [6, 6.07) is 20.2. The van der Waals surface area contributed by atoms with Crippen LogP contribution in [0.15, 0.2) is 73.1 Å². The van der Waals surface area contributed by atoms with Crippen LogP contribution in [0.4, 0.5) is 14.6 Å². The van der Waals surface area contributed by atoms with E-state index in [9.17, 15) is 8.78 Å². The van der Waals surface area contributed by atoms with E-state index in [1.165, 1.54) is 42.3 Å². The van der Waals surface area contributed by atoms with Crippen LogP contribution in [-0.4, -0.2) is 51.9 Å². The summed E-state index contributed by atoms with van der Waals surface area (Å²) in [6.45, 7) is 1.75. The molecule has 7 rings (SSSR count). The topological polar surface area (TPSA) is 88.1 Å². The third-order valence-corrected chi connectivity index (χ3v) is 9.17. The normalized spacial score (nSPS) is 21.8. The van der Waals surface area contributed by atoms with E-state index in [0.717, 1.165) is 43.6 Å². The number of hydrogen-bond acceptors (Lipinski definition) is 6. The number of nitrogen functional groups attached to an aromatic ring is 1. The number of nitrogens with zero attached hydrogens (tertiary/aromatic N) is 3. The molecule has 0 spiro atoms. The summed E-state index contributed by atoms with van der Waals surface area (Å²) in [6.07, 6.45) is 6.41. The maximum atomic E-state index is 13.5. The van der Waals surface area contributed by atoms with Crippen LogP contribution < -0.4 is 5.73 Å². The predicted molar refractivity (Wildman–Crippen MR) is 160 cm³/mol. The lowest BCUT2D eigenvalue weighted by molar-refractivity contribution is -0.148. The molecule has 2 aromatic carbocycles. The fourth-order valence-corrected chi connectivity index (χ4v) is 6.95. The smallest absolute Gasteiger partial charge is 0.265 e. The van der Waals surface area contributed by atoms with Crippen molar-refractivity contribution < 1.29 is 13.5 Å². The van der Waals surface area contributed by atoms with E-state index in [0.29, 0.717) is 34.8 Å². The first-order valence-corrected chi connectivity index (χ1v) is 14.6. The Morgan fingerprint density at radius 3 is 2.36 bits per heavy atom. The summed E-state index contributed by atoms with van der Waals surface area (Å²) in [4.78, 5) is 11.3. The molecule has 0 saturated carbocycles. The number of nitrogens with two attached hydrogens (primary N) is 1. The van der Waals surface area contributed by atoms with Gasteiger partial charge in [-0.25, -0.2) is 13.8 Å². The Hall–Kier alpha value is -4.01. The fraction of sp³-hybridized carbons (Fsp3) is 0.324. The minimum atomic E-state index is -2.62. The number of rotatable bonds is 6. The van der Waals surface area contributed by atoms with Crippen molar-refractivity contribution in [2.45, 2.75) is 56.7 Å². The average Bonchev–Trinajstić information content (AvgIpc) is 3.23. The maximum absolute atomic E-state index is 13.5. The van der Waals surface area contributed by atoms with Crippen molar-refractivity contribution in [1.29, 1.82) is 5.41 Å². The first kappa shape index (κ1) is 26.9. The second-order valence-electron chi connectivity index (χ2n) is 11.6. The molecule has 0 amide bonds. The molecule has 2 saturated heterocycles. The van der Waals surface area contributed by atoms with Crippen LogP contribution >= 0.6 is 0 Å². The number of benzene rings is 2. The van der Waals surface area contributed by atoms with Gasteiger partial charge in [0.15, 0.2) is 0 Å². The number of nitrogens with one attached hydrogen (secondary N) is 1. The van der Waals surface area contributed by atoms with E-state index in [1.807, 2.05) is 6.07 Å². The van der Waals surface area contributed by atoms with Crippen LogP contribution in [0, 0.1) is 5.41 Å². The van der Waals surface area contributed by atoms with E-state index >= 15 is 0 Å². The Balaban J connectivity index is 1.11. The lowest BCUT2D eigenvalue weighted by Gasteiger charge is -2.56. The van der Waals surface area contributed by atoms with Crippen LogP contribution in [-0.2, 0) is 17.6 Å². The second-order valence-corrected chi connectivity index (χ2v) is 11.6. The van der Waals surface area contributed by atoms with Crippen molar-refractivity contribution in [1.82, 2.24) is 14.9 Å². The van der Waals surface area contributed by atoms with Gasteiger partial charge in [0.1, 0.15) is 5.82 Å². The largest absolute Gasteiger partial charge is 0.383 e. The molecule has 0 radical (unpaired) electrons. The summed E-state index contributed by atoms with van der Waals surface area (Å²) in [5.74, 6) is 0.277. The molecular weight excluding hydrogens is 532 g/mol. The molecular formula is C34H33F2N5O. The number of morpholine rings is 1. The van der Waals surface area contributed by atoms with Gasteiger partial charge < -0.3 is 10.5 Å². The van der Waals surface area contributed by atoms with E-state index < -0.39 is 6.43 Å². The van der Waals surface area contributed by atoms with Crippen molar-refractivity contribution in [3.8, 4) is 22.4 Å². The summed E-state index contributed by atoms with van der Waals surface area (Å²) >= 11 is 0. The van der Waals surface area contributed by atoms with Gasteiger partial charge in [-0.05, 0) is 67.0 Å². The number of alkyl halides is 2. The maximum Gasteiger partial charge on any atom is 0.265 e. The van der Waals surface area contributed by atoms with E-state index in [1.54, 1.807) is 30.5 Å². The lowest BCUT2D eigenvalue weighted by Crippen LogP contribution is -2.66. The van der Waals surface area contributed by atoms with Crippen molar-refractivity contribution >= 4 is 11.5 Å². The molecule has 3 aliphatic rings. The molecule has 2 aliphatic heterocycles. The molecule has 2 aromatic heterocycles. The zero-order valence-corrected chi connectivity index (χ0v) is 23.3. The SMILES string of the molecule is N=C(c1ccc(-c2ncccc2C(F)F)cc1)c1cc(-c2ccc3c(c2)CCC(N2C4COCC2C4)CC3)cnc1N. The highest BCUT2D eigenvalue weighted by molar-refractivity contribution is 6.14. The summed E-state index contributed by atoms with van der Waals surface area (Å²) in [7, 11) is 0. The molecule has 6 nitrogen and oxygen atoms in total. The fourth-order valence-electron chi connectivity index (χ4n) is 6.95. The molecule has 3 N–H and O–H groups in total. The highest BCUT2D eigenvalue weighted by Crippen LogP contribution is 2.38. The van der Waals surface area contributed by atoms with Crippen molar-refractivity contribution in [3.63, 3.8) is 0 Å². The first-order chi connectivity index (χ1) is 20.5. The minimum Gasteiger partial charge on any atom is -0.383 e. The van der Waals surface area contributed by atoms with Gasteiger partial charge in [-0.15, -0.1) is 0 Å². The average molecular weight is 566 g/mol. The Bertz CT molecular complexity index is 1630. The molecule has 8 heteroatoms. The zero-order valence-electron chi connectivity index (χ0n) is 23.3. The number of pyridine rings is 2. The molecule has 3 unspecified atom stereocenters. The monoisotopic (exact) mass is 565 g/mol. The third-order valence-electron chi connectivity index (χ3n) is 9.17. The molecule has 1 aliphatic carbocycles. The van der Waals surface area contributed by atoms with E-state index in [2.05, 4.69) is 33.1 Å². The standard InChI is InChI=1S/C34H33F2N5O/c35-33(36)29-2-1-13-39-32(29)22-6-4-21(5-7-22)31(37)30-15-25(17-40-34(30)38)24-8-3-20-9-11-26(12-10-23(20)14-24)41-27-16-28(41)19-42-18-27/h1-8,13-15,17,26-28,33,37H,9-12,16,18-19H2,(H2,38,40). The van der Waals surface area contributed by atoms with Gasteiger partial charge in [0.05, 0.1) is 24.6 Å². The molecule has 2 fully saturated rings. The van der Waals surface area contributed by atoms with Gasteiger partial charge >= 0.3 is 0 Å². The van der Waals surface area contributed by atoms with Gasteiger partial charge in [-0.3, -0.25) is 15.3 Å². The van der Waals surface area contributed by atoms with E-state index in [4.69, 9.17) is 15.9 Å². The number of fused-ring (bicyclic) bond motifs is 3. The summed E-state index contributed by atoms with van der Waals surface area (Å²) in [5, 5.41) is 8.91. The Labute approximate surface area is 244 Å². The Morgan fingerprint density at radius 1 is 0.881 bits per heavy atom. The number of aromatic nitrogens is 2. The summed E-state index contributed by atoms with van der Waals surface area (Å²) in [5.41, 5.74) is 13.1. The number of hydrogen-bond donors (Lipinski definition) is 2. The number of halogens is 2. The van der Waals surface area contributed by atoms with Gasteiger partial charge in [0, 0.05) is 58.3 Å². The predicted octanol–water partition coefficient (Wildman–Crippen LogP) is 6.47. The van der Waals surface area contributed by atoms with Crippen LogP contribution in [0.25, 0.3) is 22.4 Å². The van der Waals surface area contributed by atoms with Gasteiger partial charge in [0.25, 0.3) is 6.43 Å². The van der Waals surface area contributed by atoms with Crippen LogP contribution in [0.3, 0.4) is 0 Å². The third kappa shape index (κ3) is 4.88. The summed E-state index contributed by atoms with van der Waals surface area (Å²) < 4.78 is 32.7.